The lowest BCUT2D eigenvalue weighted by molar-refractivity contribution is -0.0976. The number of hydrogen-bond donors (Lipinski definition) is 0. The van der Waals surface area contributed by atoms with Crippen LogP contribution in [0.2, 0.25) is 0 Å². The van der Waals surface area contributed by atoms with Gasteiger partial charge < -0.3 is 14.4 Å². The molecule has 3 aliphatic heterocycles. The summed E-state index contributed by atoms with van der Waals surface area (Å²) in [5.74, 6) is 0.501. The highest BCUT2D eigenvalue weighted by molar-refractivity contribution is 7.90. The predicted octanol–water partition coefficient (Wildman–Crippen LogP) is 1.94. The molecule has 3 aliphatic rings. The molecule has 5 rings (SSSR count). The van der Waals surface area contributed by atoms with Crippen molar-refractivity contribution in [2.45, 2.75) is 29.8 Å². The second kappa shape index (κ2) is 7.62. The Morgan fingerprint density at radius 2 is 1.97 bits per heavy atom. The van der Waals surface area contributed by atoms with E-state index in [2.05, 4.69) is 0 Å². The Morgan fingerprint density at radius 1 is 1.16 bits per heavy atom. The molecule has 164 valence electrons. The molecule has 2 bridgehead atoms. The van der Waals surface area contributed by atoms with Gasteiger partial charge in [0, 0.05) is 25.2 Å². The number of rotatable bonds is 5. The Kier molecular flexibility index (Phi) is 5.03. The van der Waals surface area contributed by atoms with Crippen LogP contribution in [-0.4, -0.2) is 73.8 Å². The molecule has 3 fully saturated rings. The van der Waals surface area contributed by atoms with Crippen LogP contribution in [0, 0.1) is 0 Å². The summed E-state index contributed by atoms with van der Waals surface area (Å²) in [5, 5.41) is -0.594. The number of carbonyl (C=O) groups is 1. The van der Waals surface area contributed by atoms with Crippen molar-refractivity contribution in [1.82, 2.24) is 9.21 Å². The number of ether oxygens (including phenoxy) is 2. The number of benzene rings is 2. The topological polar surface area (TPSA) is 76.2 Å². The first-order chi connectivity index (χ1) is 14.9. The Balaban J connectivity index is 1.35. The molecule has 3 saturated heterocycles. The third-order valence-electron chi connectivity index (χ3n) is 6.61. The third kappa shape index (κ3) is 3.52. The van der Waals surface area contributed by atoms with Gasteiger partial charge in [-0.2, -0.15) is 4.31 Å². The molecule has 0 aromatic heterocycles. The van der Waals surface area contributed by atoms with Crippen LogP contribution in [0.3, 0.4) is 0 Å². The number of nitrogens with zero attached hydrogens (tertiary/aromatic N) is 2. The van der Waals surface area contributed by atoms with E-state index in [1.54, 1.807) is 40.6 Å². The summed E-state index contributed by atoms with van der Waals surface area (Å²) in [4.78, 5) is 14.9. The van der Waals surface area contributed by atoms with Gasteiger partial charge in [-0.15, -0.1) is 0 Å². The number of carbonyl (C=O) groups excluding carboxylic acids is 1. The van der Waals surface area contributed by atoms with E-state index in [1.807, 2.05) is 30.3 Å². The fourth-order valence-corrected chi connectivity index (χ4v) is 7.45. The summed E-state index contributed by atoms with van der Waals surface area (Å²) in [7, 11) is -1.91. The van der Waals surface area contributed by atoms with Crippen LogP contribution in [0.5, 0.6) is 5.75 Å². The normalized spacial score (nSPS) is 29.0. The summed E-state index contributed by atoms with van der Waals surface area (Å²) in [6, 6.07) is 16.9. The average molecular weight is 443 g/mol. The number of sulfonamides is 1. The Morgan fingerprint density at radius 3 is 2.74 bits per heavy atom. The van der Waals surface area contributed by atoms with Crippen LogP contribution in [0.15, 0.2) is 54.6 Å². The van der Waals surface area contributed by atoms with Gasteiger partial charge in [0.15, 0.2) is 0 Å². The maximum absolute atomic E-state index is 13.3. The molecule has 7 nitrogen and oxygen atoms in total. The molecule has 0 radical (unpaired) electrons. The maximum atomic E-state index is 13.3. The molecule has 1 amide bonds. The van der Waals surface area contributed by atoms with Gasteiger partial charge in [0.05, 0.1) is 19.8 Å². The molecule has 3 atom stereocenters. The molecule has 1 spiro atoms. The lowest BCUT2D eigenvalue weighted by Gasteiger charge is -2.39. The summed E-state index contributed by atoms with van der Waals surface area (Å²) >= 11 is 0. The molecular formula is C23H26N2O5S. The summed E-state index contributed by atoms with van der Waals surface area (Å²) < 4.78 is 39.6. The quantitative estimate of drug-likeness (QED) is 0.707. The van der Waals surface area contributed by atoms with Crippen molar-refractivity contribution >= 4 is 15.9 Å². The highest BCUT2D eigenvalue weighted by Gasteiger charge is 2.65. The van der Waals surface area contributed by atoms with Crippen molar-refractivity contribution in [3.63, 3.8) is 0 Å². The van der Waals surface area contributed by atoms with Crippen LogP contribution < -0.4 is 4.74 Å². The maximum Gasteiger partial charge on any atom is 0.254 e. The monoisotopic (exact) mass is 442 g/mol. The lowest BCUT2D eigenvalue weighted by atomic mass is 9.99. The molecule has 2 aromatic carbocycles. The largest absolute Gasteiger partial charge is 0.497 e. The number of hydrogen-bond acceptors (Lipinski definition) is 5. The van der Waals surface area contributed by atoms with Crippen molar-refractivity contribution in [3.8, 4) is 5.75 Å². The first-order valence-corrected chi connectivity index (χ1v) is 12.1. The van der Waals surface area contributed by atoms with Crippen molar-refractivity contribution in [2.75, 3.05) is 33.3 Å². The van der Waals surface area contributed by atoms with Crippen molar-refractivity contribution in [2.24, 2.45) is 0 Å². The standard InChI is InChI=1S/C23H26N2O5S/c1-29-19-9-5-8-18(12-19)22(26)24-14-20-13-21-23(15-24,30-20)16-25(31(21,27)28)11-10-17-6-3-2-4-7-17/h2-9,12,20-21H,10-11,13-16H2,1H3/t20-,21+,23+/m0/s1. The van der Waals surface area contributed by atoms with E-state index in [4.69, 9.17) is 9.47 Å². The first-order valence-electron chi connectivity index (χ1n) is 10.6. The van der Waals surface area contributed by atoms with Gasteiger partial charge in [0.2, 0.25) is 10.0 Å². The van der Waals surface area contributed by atoms with Gasteiger partial charge in [0.25, 0.3) is 5.91 Å². The smallest absolute Gasteiger partial charge is 0.254 e. The number of likely N-dealkylation sites (tertiary alicyclic amines) is 1. The Labute approximate surface area is 182 Å². The minimum atomic E-state index is -3.47. The van der Waals surface area contributed by atoms with E-state index in [0.717, 1.165) is 5.56 Å². The van der Waals surface area contributed by atoms with E-state index in [-0.39, 0.29) is 18.6 Å². The van der Waals surface area contributed by atoms with Crippen molar-refractivity contribution < 1.29 is 22.7 Å². The molecule has 0 unspecified atom stereocenters. The molecule has 8 heteroatoms. The van der Waals surface area contributed by atoms with E-state index in [9.17, 15) is 13.2 Å². The molecule has 3 heterocycles. The van der Waals surface area contributed by atoms with E-state index < -0.39 is 20.9 Å². The second-order valence-electron chi connectivity index (χ2n) is 8.56. The van der Waals surface area contributed by atoms with E-state index in [0.29, 0.717) is 43.8 Å². The van der Waals surface area contributed by atoms with Crippen LogP contribution in [0.1, 0.15) is 22.3 Å². The molecule has 31 heavy (non-hydrogen) atoms. The predicted molar refractivity (Wildman–Crippen MR) is 116 cm³/mol. The Hall–Kier alpha value is -2.42. The fourth-order valence-electron chi connectivity index (χ4n) is 5.14. The molecular weight excluding hydrogens is 416 g/mol. The van der Waals surface area contributed by atoms with Crippen molar-refractivity contribution in [3.05, 3.63) is 65.7 Å². The zero-order chi connectivity index (χ0) is 21.6. The molecule has 2 aromatic rings. The van der Waals surface area contributed by atoms with Gasteiger partial charge >= 0.3 is 0 Å². The van der Waals surface area contributed by atoms with Gasteiger partial charge in [-0.1, -0.05) is 36.4 Å². The number of morpholine rings is 1. The lowest BCUT2D eigenvalue weighted by Crippen LogP contribution is -2.56. The van der Waals surface area contributed by atoms with Crippen LogP contribution in [0.4, 0.5) is 0 Å². The van der Waals surface area contributed by atoms with Crippen LogP contribution in [-0.2, 0) is 21.2 Å². The summed E-state index contributed by atoms with van der Waals surface area (Å²) in [6.07, 6.45) is 0.838. The van der Waals surface area contributed by atoms with Crippen LogP contribution >= 0.6 is 0 Å². The van der Waals surface area contributed by atoms with Crippen molar-refractivity contribution in [1.29, 1.82) is 0 Å². The number of methoxy groups -OCH3 is 1. The second-order valence-corrected chi connectivity index (χ2v) is 10.7. The first kappa shape index (κ1) is 20.5. The molecule has 0 aliphatic carbocycles. The van der Waals surface area contributed by atoms with Gasteiger partial charge in [-0.05, 0) is 36.6 Å². The number of amides is 1. The highest BCUT2D eigenvalue weighted by Crippen LogP contribution is 2.46. The average Bonchev–Trinajstić information content (AvgIpc) is 3.16. The van der Waals surface area contributed by atoms with E-state index in [1.165, 1.54) is 0 Å². The molecule has 0 saturated carbocycles. The Bertz CT molecular complexity index is 1090. The molecule has 0 N–H and O–H groups in total. The summed E-state index contributed by atoms with van der Waals surface area (Å²) in [6.45, 7) is 1.41. The minimum Gasteiger partial charge on any atom is -0.497 e. The van der Waals surface area contributed by atoms with Gasteiger partial charge in [-0.25, -0.2) is 8.42 Å². The van der Waals surface area contributed by atoms with Gasteiger partial charge in [-0.3, -0.25) is 4.79 Å². The number of fused-ring (bicyclic) bond motifs is 1. The highest BCUT2D eigenvalue weighted by atomic mass is 32.2. The van der Waals surface area contributed by atoms with Crippen LogP contribution in [0.25, 0.3) is 0 Å². The zero-order valence-corrected chi connectivity index (χ0v) is 18.3. The fraction of sp³-hybridized carbons (Fsp3) is 0.435. The van der Waals surface area contributed by atoms with Gasteiger partial charge in [0.1, 0.15) is 16.6 Å². The SMILES string of the molecule is COc1cccc(C(=O)N2C[C@@H]3C[C@@H]4[C@@](C2)(CN(CCc2ccccc2)S4(=O)=O)O3)c1. The zero-order valence-electron chi connectivity index (χ0n) is 17.4. The third-order valence-corrected chi connectivity index (χ3v) is 8.98. The van der Waals surface area contributed by atoms with E-state index >= 15 is 0 Å². The minimum absolute atomic E-state index is 0.118. The summed E-state index contributed by atoms with van der Waals surface area (Å²) in [5.41, 5.74) is 0.785.